The molecular formula is C9H16ClNO2. The summed E-state index contributed by atoms with van der Waals surface area (Å²) in [4.78, 5) is 11.2. The number of aliphatic hydroxyl groups excluding tert-OH is 1. The highest BCUT2D eigenvalue weighted by Gasteiger charge is 2.47. The van der Waals surface area contributed by atoms with Gasteiger partial charge in [0.2, 0.25) is 5.91 Å². The molecule has 3 nitrogen and oxygen atoms in total. The number of hydrogen-bond donors (Lipinski definition) is 2. The predicted molar refractivity (Wildman–Crippen MR) is 51.7 cm³/mol. The smallest absolute Gasteiger partial charge is 0.221 e. The molecule has 76 valence electrons. The summed E-state index contributed by atoms with van der Waals surface area (Å²) >= 11 is 5.43. The van der Waals surface area contributed by atoms with E-state index in [0.717, 1.165) is 0 Å². The first-order valence-electron chi connectivity index (χ1n) is 4.52. The number of carbonyl (C=O) groups is 1. The van der Waals surface area contributed by atoms with Gasteiger partial charge in [0.25, 0.3) is 0 Å². The maximum Gasteiger partial charge on any atom is 0.221 e. The van der Waals surface area contributed by atoms with Crippen molar-refractivity contribution in [1.29, 1.82) is 0 Å². The van der Waals surface area contributed by atoms with Crippen molar-refractivity contribution in [2.24, 2.45) is 5.41 Å². The van der Waals surface area contributed by atoms with Gasteiger partial charge in [0.1, 0.15) is 0 Å². The van der Waals surface area contributed by atoms with E-state index in [0.29, 0.717) is 18.7 Å². The molecule has 0 aromatic carbocycles. The van der Waals surface area contributed by atoms with Crippen molar-refractivity contribution in [2.75, 3.05) is 5.88 Å². The minimum absolute atomic E-state index is 0.0278. The van der Waals surface area contributed by atoms with Crippen molar-refractivity contribution >= 4 is 17.5 Å². The highest BCUT2D eigenvalue weighted by atomic mass is 35.5. The molecule has 13 heavy (non-hydrogen) atoms. The third-order valence-corrected chi connectivity index (χ3v) is 3.06. The SMILES string of the molecule is CC1(C)C(O)CC1NC(=O)CCCl. The molecule has 0 aliphatic heterocycles. The standard InChI is InChI=1S/C9H16ClNO2/c1-9(2)6(5-7(9)12)11-8(13)3-4-10/h6-7,12H,3-5H2,1-2H3,(H,11,13). The average Bonchev–Trinajstić information content (AvgIpc) is 2.04. The van der Waals surface area contributed by atoms with Gasteiger partial charge >= 0.3 is 0 Å². The van der Waals surface area contributed by atoms with E-state index in [9.17, 15) is 9.90 Å². The molecule has 2 unspecified atom stereocenters. The number of nitrogens with one attached hydrogen (secondary N) is 1. The first kappa shape index (κ1) is 10.8. The fraction of sp³-hybridized carbons (Fsp3) is 0.889. The first-order valence-corrected chi connectivity index (χ1v) is 5.05. The molecule has 2 N–H and O–H groups in total. The summed E-state index contributed by atoms with van der Waals surface area (Å²) in [5.74, 6) is 0.321. The minimum atomic E-state index is -0.297. The Kier molecular flexibility index (Phi) is 3.19. The zero-order valence-electron chi connectivity index (χ0n) is 8.01. The summed E-state index contributed by atoms with van der Waals surface area (Å²) < 4.78 is 0. The Bertz CT molecular complexity index is 206. The number of halogens is 1. The molecule has 1 aliphatic rings. The molecule has 0 aromatic rings. The van der Waals surface area contributed by atoms with Gasteiger partial charge in [-0.2, -0.15) is 0 Å². The molecule has 0 radical (unpaired) electrons. The lowest BCUT2D eigenvalue weighted by Gasteiger charge is -2.49. The Balaban J connectivity index is 2.36. The second kappa shape index (κ2) is 3.84. The molecule has 0 heterocycles. The van der Waals surface area contributed by atoms with Gasteiger partial charge in [0.15, 0.2) is 0 Å². The van der Waals surface area contributed by atoms with Crippen LogP contribution in [-0.4, -0.2) is 29.0 Å². The lowest BCUT2D eigenvalue weighted by molar-refractivity contribution is -0.128. The summed E-state index contributed by atoms with van der Waals surface area (Å²) in [7, 11) is 0. The summed E-state index contributed by atoms with van der Waals surface area (Å²) in [5.41, 5.74) is -0.192. The predicted octanol–water partition coefficient (Wildman–Crippen LogP) is 0.891. The average molecular weight is 206 g/mol. The molecule has 1 fully saturated rings. The Morgan fingerprint density at radius 1 is 1.69 bits per heavy atom. The van der Waals surface area contributed by atoms with Crippen molar-refractivity contribution in [3.05, 3.63) is 0 Å². The second-order valence-corrected chi connectivity index (χ2v) is 4.51. The van der Waals surface area contributed by atoms with Crippen LogP contribution in [0.3, 0.4) is 0 Å². The van der Waals surface area contributed by atoms with Crippen LogP contribution >= 0.6 is 11.6 Å². The number of aliphatic hydroxyl groups is 1. The van der Waals surface area contributed by atoms with E-state index < -0.39 is 0 Å². The first-order chi connectivity index (χ1) is 5.98. The molecule has 4 heteroatoms. The highest BCUT2D eigenvalue weighted by molar-refractivity contribution is 6.18. The lowest BCUT2D eigenvalue weighted by Crippen LogP contribution is -2.61. The number of alkyl halides is 1. The lowest BCUT2D eigenvalue weighted by atomic mass is 9.64. The third kappa shape index (κ3) is 2.15. The monoisotopic (exact) mass is 205 g/mol. The van der Waals surface area contributed by atoms with E-state index in [2.05, 4.69) is 5.32 Å². The van der Waals surface area contributed by atoms with Crippen LogP contribution in [0, 0.1) is 5.41 Å². The molecule has 0 bridgehead atoms. The molecular weight excluding hydrogens is 190 g/mol. The van der Waals surface area contributed by atoms with Crippen LogP contribution in [0.2, 0.25) is 0 Å². The van der Waals surface area contributed by atoms with Crippen molar-refractivity contribution < 1.29 is 9.90 Å². The normalized spacial score (nSPS) is 30.8. The van der Waals surface area contributed by atoms with Gasteiger partial charge in [0.05, 0.1) is 6.10 Å². The molecule has 1 aliphatic carbocycles. The molecule has 0 aromatic heterocycles. The van der Waals surface area contributed by atoms with Crippen molar-refractivity contribution in [2.45, 2.75) is 38.8 Å². The molecule has 1 amide bonds. The maximum atomic E-state index is 11.2. The van der Waals surface area contributed by atoms with Crippen LogP contribution in [0.5, 0.6) is 0 Å². The van der Waals surface area contributed by atoms with Gasteiger partial charge in [-0.15, -0.1) is 11.6 Å². The van der Waals surface area contributed by atoms with Crippen LogP contribution in [0.15, 0.2) is 0 Å². The molecule has 1 saturated carbocycles. The summed E-state index contributed by atoms with van der Waals surface area (Å²) in [6.45, 7) is 3.90. The van der Waals surface area contributed by atoms with Crippen molar-refractivity contribution in [3.63, 3.8) is 0 Å². The molecule has 0 spiro atoms. The number of rotatable bonds is 3. The van der Waals surface area contributed by atoms with E-state index >= 15 is 0 Å². The Morgan fingerprint density at radius 2 is 2.31 bits per heavy atom. The van der Waals surface area contributed by atoms with Crippen molar-refractivity contribution in [3.8, 4) is 0 Å². The van der Waals surface area contributed by atoms with Gasteiger partial charge in [-0.1, -0.05) is 13.8 Å². The fourth-order valence-electron chi connectivity index (χ4n) is 1.50. The Hall–Kier alpha value is -0.280. The topological polar surface area (TPSA) is 49.3 Å². The quantitative estimate of drug-likeness (QED) is 0.673. The Morgan fingerprint density at radius 3 is 2.69 bits per heavy atom. The number of amides is 1. The largest absolute Gasteiger partial charge is 0.392 e. The molecule has 2 atom stereocenters. The zero-order chi connectivity index (χ0) is 10.1. The number of hydrogen-bond acceptors (Lipinski definition) is 2. The summed E-state index contributed by atoms with van der Waals surface area (Å²) in [5, 5.41) is 12.3. The zero-order valence-corrected chi connectivity index (χ0v) is 8.77. The van der Waals surface area contributed by atoms with Gasteiger partial charge in [0, 0.05) is 23.8 Å². The van der Waals surface area contributed by atoms with Gasteiger partial charge in [-0.25, -0.2) is 0 Å². The third-order valence-electron chi connectivity index (χ3n) is 2.87. The summed E-state index contributed by atoms with van der Waals surface area (Å²) in [6.07, 6.45) is 0.708. The van der Waals surface area contributed by atoms with E-state index in [1.54, 1.807) is 0 Å². The van der Waals surface area contributed by atoms with Crippen LogP contribution in [0.25, 0.3) is 0 Å². The van der Waals surface area contributed by atoms with Gasteiger partial charge < -0.3 is 10.4 Å². The van der Waals surface area contributed by atoms with Gasteiger partial charge in [-0.05, 0) is 6.42 Å². The Labute approximate surface area is 83.5 Å². The van der Waals surface area contributed by atoms with E-state index in [-0.39, 0.29) is 23.5 Å². The highest BCUT2D eigenvalue weighted by Crippen LogP contribution is 2.40. The van der Waals surface area contributed by atoms with Gasteiger partial charge in [-0.3, -0.25) is 4.79 Å². The maximum absolute atomic E-state index is 11.2. The minimum Gasteiger partial charge on any atom is -0.392 e. The van der Waals surface area contributed by atoms with Crippen molar-refractivity contribution in [1.82, 2.24) is 5.32 Å². The fourth-order valence-corrected chi connectivity index (χ4v) is 1.67. The van der Waals surface area contributed by atoms with Crippen LogP contribution in [0.4, 0.5) is 0 Å². The van der Waals surface area contributed by atoms with Crippen LogP contribution < -0.4 is 5.32 Å². The van der Waals surface area contributed by atoms with Crippen LogP contribution in [-0.2, 0) is 4.79 Å². The second-order valence-electron chi connectivity index (χ2n) is 4.13. The van der Waals surface area contributed by atoms with E-state index in [1.165, 1.54) is 0 Å². The number of carbonyl (C=O) groups excluding carboxylic acids is 1. The van der Waals surface area contributed by atoms with Crippen LogP contribution in [0.1, 0.15) is 26.7 Å². The molecule has 0 saturated heterocycles. The molecule has 1 rings (SSSR count). The van der Waals surface area contributed by atoms with E-state index in [4.69, 9.17) is 11.6 Å². The van der Waals surface area contributed by atoms with E-state index in [1.807, 2.05) is 13.8 Å². The summed E-state index contributed by atoms with van der Waals surface area (Å²) in [6, 6.07) is 0.0956.